The summed E-state index contributed by atoms with van der Waals surface area (Å²) in [5, 5.41) is 3.41. The summed E-state index contributed by atoms with van der Waals surface area (Å²) in [7, 11) is 1.27. The van der Waals surface area contributed by atoms with E-state index in [1.807, 2.05) is 0 Å². The third-order valence-corrected chi connectivity index (χ3v) is 1.88. The van der Waals surface area contributed by atoms with Gasteiger partial charge < -0.3 is 0 Å². The monoisotopic (exact) mass is 210 g/mol. The van der Waals surface area contributed by atoms with E-state index in [0.29, 0.717) is 5.69 Å². The van der Waals surface area contributed by atoms with E-state index in [1.54, 1.807) is 6.92 Å². The maximum Gasteiger partial charge on any atom is 0.433 e. The molecule has 0 saturated heterocycles. The van der Waals surface area contributed by atoms with Crippen LogP contribution in [0.2, 0.25) is 0 Å². The second-order valence-electron chi connectivity index (χ2n) is 2.75. The van der Waals surface area contributed by atoms with Crippen LogP contribution in [-0.4, -0.2) is 9.78 Å². The molecular formula is C7H9F3N2S. The molecule has 0 bridgehead atoms. The van der Waals surface area contributed by atoms with E-state index in [4.69, 9.17) is 0 Å². The van der Waals surface area contributed by atoms with Crippen molar-refractivity contribution in [3.05, 3.63) is 17.5 Å². The largest absolute Gasteiger partial charge is 0.433 e. The highest BCUT2D eigenvalue weighted by atomic mass is 32.1. The van der Waals surface area contributed by atoms with Gasteiger partial charge >= 0.3 is 6.18 Å². The first-order valence-corrected chi connectivity index (χ1v) is 4.13. The molecule has 0 spiro atoms. The third-order valence-electron chi connectivity index (χ3n) is 1.62. The number of halogens is 3. The summed E-state index contributed by atoms with van der Waals surface area (Å²) >= 11 is 4.00. The molecule has 1 unspecified atom stereocenters. The highest BCUT2D eigenvalue weighted by Crippen LogP contribution is 2.31. The van der Waals surface area contributed by atoms with Crippen molar-refractivity contribution in [2.45, 2.75) is 18.3 Å². The summed E-state index contributed by atoms with van der Waals surface area (Å²) < 4.78 is 37.5. The van der Waals surface area contributed by atoms with Crippen LogP contribution < -0.4 is 0 Å². The van der Waals surface area contributed by atoms with Gasteiger partial charge in [-0.2, -0.15) is 30.9 Å². The van der Waals surface area contributed by atoms with Gasteiger partial charge in [-0.15, -0.1) is 0 Å². The van der Waals surface area contributed by atoms with Gasteiger partial charge in [0.05, 0.1) is 5.69 Å². The number of rotatable bonds is 1. The zero-order valence-corrected chi connectivity index (χ0v) is 8.02. The molecule has 0 aliphatic carbocycles. The van der Waals surface area contributed by atoms with Crippen LogP contribution in [-0.2, 0) is 13.2 Å². The van der Waals surface area contributed by atoms with Crippen molar-refractivity contribution in [1.29, 1.82) is 0 Å². The number of hydrogen-bond donors (Lipinski definition) is 1. The molecule has 1 aromatic rings. The van der Waals surface area contributed by atoms with Gasteiger partial charge in [0, 0.05) is 12.3 Å². The van der Waals surface area contributed by atoms with Gasteiger partial charge in [-0.1, -0.05) is 0 Å². The van der Waals surface area contributed by atoms with E-state index in [0.717, 1.165) is 10.7 Å². The van der Waals surface area contributed by atoms with Crippen molar-refractivity contribution in [3.63, 3.8) is 0 Å². The van der Waals surface area contributed by atoms with Crippen LogP contribution in [0, 0.1) is 0 Å². The molecule has 0 aliphatic rings. The first-order chi connectivity index (χ1) is 5.82. The van der Waals surface area contributed by atoms with Crippen molar-refractivity contribution in [1.82, 2.24) is 9.78 Å². The molecule has 13 heavy (non-hydrogen) atoms. The fourth-order valence-corrected chi connectivity index (χ4v) is 1.09. The van der Waals surface area contributed by atoms with E-state index < -0.39 is 11.9 Å². The second-order valence-corrected chi connectivity index (χ2v) is 3.53. The number of nitrogens with zero attached hydrogens (tertiary/aromatic N) is 2. The molecule has 0 fully saturated rings. The average Bonchev–Trinajstić information content (AvgIpc) is 2.29. The Morgan fingerprint density at radius 3 is 2.31 bits per heavy atom. The Kier molecular flexibility index (Phi) is 2.61. The minimum atomic E-state index is -4.34. The number of hydrogen-bond acceptors (Lipinski definition) is 2. The molecule has 2 nitrogen and oxygen atoms in total. The van der Waals surface area contributed by atoms with Crippen molar-refractivity contribution >= 4 is 12.6 Å². The summed E-state index contributed by atoms with van der Waals surface area (Å²) in [5.74, 6) is 0. The summed E-state index contributed by atoms with van der Waals surface area (Å²) in [6.07, 6.45) is -4.34. The fraction of sp³-hybridized carbons (Fsp3) is 0.571. The van der Waals surface area contributed by atoms with Gasteiger partial charge in [0.1, 0.15) is 5.69 Å². The first-order valence-electron chi connectivity index (χ1n) is 3.61. The number of aromatic nitrogens is 2. The normalized spacial score (nSPS) is 14.6. The van der Waals surface area contributed by atoms with Crippen molar-refractivity contribution in [2.24, 2.45) is 7.05 Å². The van der Waals surface area contributed by atoms with Gasteiger partial charge in [-0.3, -0.25) is 4.68 Å². The average molecular weight is 210 g/mol. The Balaban J connectivity index is 3.11. The van der Waals surface area contributed by atoms with Crippen LogP contribution >= 0.6 is 12.6 Å². The SMILES string of the molecule is CC(S)c1cc(C(F)(F)F)n(C)n1. The summed E-state index contributed by atoms with van der Waals surface area (Å²) in [4.78, 5) is 0. The zero-order valence-electron chi connectivity index (χ0n) is 7.13. The Labute approximate surface area is 79.2 Å². The molecule has 1 heterocycles. The van der Waals surface area contributed by atoms with Crippen molar-refractivity contribution < 1.29 is 13.2 Å². The minimum absolute atomic E-state index is 0.290. The molecule has 0 amide bonds. The fourth-order valence-electron chi connectivity index (χ4n) is 0.959. The molecule has 0 N–H and O–H groups in total. The molecule has 0 radical (unpaired) electrons. The van der Waals surface area contributed by atoms with Crippen molar-refractivity contribution in [2.75, 3.05) is 0 Å². The summed E-state index contributed by atoms with van der Waals surface area (Å²) in [6.45, 7) is 1.67. The van der Waals surface area contributed by atoms with Gasteiger partial charge in [0.15, 0.2) is 0 Å². The van der Waals surface area contributed by atoms with E-state index in [9.17, 15) is 13.2 Å². The number of alkyl halides is 3. The Hall–Kier alpha value is -0.650. The summed E-state index contributed by atoms with van der Waals surface area (Å²) in [5.41, 5.74) is -0.415. The molecule has 1 aromatic heterocycles. The van der Waals surface area contributed by atoms with Gasteiger partial charge in [-0.05, 0) is 13.0 Å². The quantitative estimate of drug-likeness (QED) is 0.705. The highest BCUT2D eigenvalue weighted by molar-refractivity contribution is 7.80. The van der Waals surface area contributed by atoms with Crippen LogP contribution in [0.3, 0.4) is 0 Å². The maximum absolute atomic E-state index is 12.2. The lowest BCUT2D eigenvalue weighted by molar-refractivity contribution is -0.143. The molecular weight excluding hydrogens is 201 g/mol. The lowest BCUT2D eigenvalue weighted by atomic mass is 10.3. The summed E-state index contributed by atoms with van der Waals surface area (Å²) in [6, 6.07) is 1.01. The van der Waals surface area contributed by atoms with E-state index >= 15 is 0 Å². The predicted octanol–water partition coefficient (Wildman–Crippen LogP) is 2.43. The Morgan fingerprint density at radius 2 is 2.08 bits per heavy atom. The van der Waals surface area contributed by atoms with Gasteiger partial charge in [0.2, 0.25) is 0 Å². The lowest BCUT2D eigenvalue weighted by Crippen LogP contribution is -2.11. The highest BCUT2D eigenvalue weighted by Gasteiger charge is 2.35. The Morgan fingerprint density at radius 1 is 1.54 bits per heavy atom. The zero-order chi connectivity index (χ0) is 10.2. The third kappa shape index (κ3) is 2.18. The number of aryl methyl sites for hydroxylation is 1. The van der Waals surface area contributed by atoms with E-state index in [-0.39, 0.29) is 5.25 Å². The van der Waals surface area contributed by atoms with E-state index in [1.165, 1.54) is 7.05 Å². The molecule has 74 valence electrons. The van der Waals surface area contributed by atoms with Crippen molar-refractivity contribution in [3.8, 4) is 0 Å². The predicted molar refractivity (Wildman–Crippen MR) is 45.6 cm³/mol. The molecule has 1 atom stereocenters. The Bertz CT molecular complexity index is 303. The molecule has 0 saturated carbocycles. The standard InChI is InChI=1S/C7H9F3N2S/c1-4(13)5-3-6(7(8,9)10)12(2)11-5/h3-4,13H,1-2H3. The minimum Gasteiger partial charge on any atom is -0.263 e. The van der Waals surface area contributed by atoms with Crippen LogP contribution in [0.15, 0.2) is 6.07 Å². The molecule has 1 rings (SSSR count). The second kappa shape index (κ2) is 3.25. The molecule has 0 aliphatic heterocycles. The lowest BCUT2D eigenvalue weighted by Gasteiger charge is -2.04. The molecule has 0 aromatic carbocycles. The molecule has 6 heteroatoms. The smallest absolute Gasteiger partial charge is 0.263 e. The maximum atomic E-state index is 12.2. The topological polar surface area (TPSA) is 17.8 Å². The van der Waals surface area contributed by atoms with E-state index in [2.05, 4.69) is 17.7 Å². The van der Waals surface area contributed by atoms with Crippen LogP contribution in [0.4, 0.5) is 13.2 Å². The van der Waals surface area contributed by atoms with Crippen LogP contribution in [0.1, 0.15) is 23.6 Å². The first kappa shape index (κ1) is 10.4. The number of thiol groups is 1. The van der Waals surface area contributed by atoms with Crippen LogP contribution in [0.25, 0.3) is 0 Å². The van der Waals surface area contributed by atoms with Gasteiger partial charge in [-0.25, -0.2) is 0 Å². The van der Waals surface area contributed by atoms with Crippen LogP contribution in [0.5, 0.6) is 0 Å². The van der Waals surface area contributed by atoms with Gasteiger partial charge in [0.25, 0.3) is 0 Å².